The highest BCUT2D eigenvalue weighted by Crippen LogP contribution is 1.97. The van der Waals surface area contributed by atoms with Crippen molar-refractivity contribution in [2.75, 3.05) is 12.3 Å². The molecular formula is C4H11BrN3S-. The van der Waals surface area contributed by atoms with Gasteiger partial charge >= 0.3 is 0 Å². The van der Waals surface area contributed by atoms with E-state index < -0.39 is 0 Å². The quantitative estimate of drug-likeness (QED) is 0.265. The molecule has 0 unspecified atom stereocenters. The van der Waals surface area contributed by atoms with Crippen molar-refractivity contribution in [1.82, 2.24) is 0 Å². The van der Waals surface area contributed by atoms with E-state index in [-0.39, 0.29) is 22.1 Å². The number of nitrogens with two attached hydrogens (primary N) is 2. The zero-order chi connectivity index (χ0) is 6.41. The zero-order valence-corrected chi connectivity index (χ0v) is 7.46. The highest BCUT2D eigenvalue weighted by molar-refractivity contribution is 8.13. The lowest BCUT2D eigenvalue weighted by Gasteiger charge is -1.93. The van der Waals surface area contributed by atoms with Crippen molar-refractivity contribution < 1.29 is 17.0 Å². The zero-order valence-electron chi connectivity index (χ0n) is 5.06. The molecule has 9 heavy (non-hydrogen) atoms. The third-order valence-corrected chi connectivity index (χ3v) is 1.41. The normalized spacial score (nSPS) is 8.11. The Morgan fingerprint density at radius 1 is 1.56 bits per heavy atom. The summed E-state index contributed by atoms with van der Waals surface area (Å²) in [6.45, 7) is 0.681. The van der Waals surface area contributed by atoms with Gasteiger partial charge in [-0.1, -0.05) is 11.8 Å². The molecule has 0 fully saturated rings. The van der Waals surface area contributed by atoms with Crippen molar-refractivity contribution in [3.63, 3.8) is 0 Å². The summed E-state index contributed by atoms with van der Waals surface area (Å²) >= 11 is 1.34. The Hall–Kier alpha value is 0.260. The second-order valence-corrected chi connectivity index (χ2v) is 2.49. The summed E-state index contributed by atoms with van der Waals surface area (Å²) in [4.78, 5) is 0. The SMILES string of the molecule is N=C(N)SCCCN.[Br-]. The van der Waals surface area contributed by atoms with Gasteiger partial charge in [-0.15, -0.1) is 0 Å². The van der Waals surface area contributed by atoms with Gasteiger partial charge in [0.2, 0.25) is 0 Å². The third kappa shape index (κ3) is 11.7. The number of thioether (sulfide) groups is 1. The van der Waals surface area contributed by atoms with E-state index in [4.69, 9.17) is 16.9 Å². The number of halogens is 1. The van der Waals surface area contributed by atoms with E-state index in [1.165, 1.54) is 11.8 Å². The molecule has 5 N–H and O–H groups in total. The Morgan fingerprint density at radius 2 is 2.11 bits per heavy atom. The average molecular weight is 213 g/mol. The summed E-state index contributed by atoms with van der Waals surface area (Å²) in [5, 5.41) is 6.95. The molecule has 5 heteroatoms. The Morgan fingerprint density at radius 3 is 2.44 bits per heavy atom. The molecule has 0 aliphatic heterocycles. The molecule has 0 rings (SSSR count). The smallest absolute Gasteiger partial charge is 0.151 e. The van der Waals surface area contributed by atoms with Crippen LogP contribution in [0.3, 0.4) is 0 Å². The number of hydrogen-bond donors (Lipinski definition) is 3. The first-order chi connectivity index (χ1) is 3.77. The number of rotatable bonds is 3. The molecular weight excluding hydrogens is 202 g/mol. The average Bonchev–Trinajstić information content (AvgIpc) is 1.66. The van der Waals surface area contributed by atoms with Crippen molar-refractivity contribution in [2.45, 2.75) is 6.42 Å². The highest BCUT2D eigenvalue weighted by atomic mass is 79.9. The highest BCUT2D eigenvalue weighted by Gasteiger charge is 1.87. The van der Waals surface area contributed by atoms with Crippen LogP contribution in [0, 0.1) is 5.41 Å². The molecule has 0 aromatic rings. The second-order valence-electron chi connectivity index (χ2n) is 1.35. The van der Waals surface area contributed by atoms with Crippen LogP contribution in [0.1, 0.15) is 6.42 Å². The van der Waals surface area contributed by atoms with Gasteiger partial charge in [-0.2, -0.15) is 0 Å². The Kier molecular flexibility index (Phi) is 11.0. The number of hydrogen-bond acceptors (Lipinski definition) is 3. The maximum absolute atomic E-state index is 6.77. The third-order valence-electron chi connectivity index (χ3n) is 0.606. The molecule has 0 aliphatic carbocycles. The minimum atomic E-state index is 0. The van der Waals surface area contributed by atoms with Gasteiger partial charge in [0.15, 0.2) is 5.17 Å². The fraction of sp³-hybridized carbons (Fsp3) is 0.750. The van der Waals surface area contributed by atoms with Crippen LogP contribution in [0.25, 0.3) is 0 Å². The van der Waals surface area contributed by atoms with Crippen LogP contribution in [0.5, 0.6) is 0 Å². The molecule has 0 saturated carbocycles. The molecule has 0 bridgehead atoms. The van der Waals surface area contributed by atoms with Crippen molar-refractivity contribution in [2.24, 2.45) is 11.5 Å². The van der Waals surface area contributed by atoms with Crippen LogP contribution in [-0.4, -0.2) is 17.5 Å². The van der Waals surface area contributed by atoms with E-state index in [9.17, 15) is 0 Å². The van der Waals surface area contributed by atoms with Gasteiger partial charge in [0.25, 0.3) is 0 Å². The van der Waals surface area contributed by atoms with Crippen LogP contribution >= 0.6 is 11.8 Å². The molecule has 56 valence electrons. The first kappa shape index (κ1) is 12.0. The molecule has 3 nitrogen and oxygen atoms in total. The van der Waals surface area contributed by atoms with E-state index in [1.807, 2.05) is 0 Å². The van der Waals surface area contributed by atoms with Gasteiger partial charge in [-0.05, 0) is 13.0 Å². The molecule has 0 amide bonds. The number of nitrogens with one attached hydrogen (secondary N) is 1. The molecule has 0 spiro atoms. The molecule has 0 aromatic carbocycles. The molecule has 0 aromatic heterocycles. The standard InChI is InChI=1S/C4H11N3S.BrH/c5-2-1-3-8-4(6)7;/h1-3,5H2,(H3,6,7);1H/p-1. The van der Waals surface area contributed by atoms with E-state index in [1.54, 1.807) is 0 Å². The molecule has 0 atom stereocenters. The van der Waals surface area contributed by atoms with Gasteiger partial charge in [-0.25, -0.2) is 0 Å². The molecule has 0 radical (unpaired) electrons. The lowest BCUT2D eigenvalue weighted by atomic mass is 10.5. The van der Waals surface area contributed by atoms with E-state index in [0.29, 0.717) is 6.54 Å². The Labute approximate surface area is 69.8 Å². The van der Waals surface area contributed by atoms with Crippen molar-refractivity contribution in [3.8, 4) is 0 Å². The predicted octanol–water partition coefficient (Wildman–Crippen LogP) is -3.03. The van der Waals surface area contributed by atoms with Crippen LogP contribution in [-0.2, 0) is 0 Å². The molecule has 0 aliphatic rings. The fourth-order valence-electron chi connectivity index (χ4n) is 0.265. The topological polar surface area (TPSA) is 75.9 Å². The number of amidine groups is 1. The van der Waals surface area contributed by atoms with Crippen molar-refractivity contribution in [1.29, 1.82) is 5.41 Å². The minimum Gasteiger partial charge on any atom is -1.00 e. The van der Waals surface area contributed by atoms with Gasteiger partial charge < -0.3 is 28.4 Å². The summed E-state index contributed by atoms with van der Waals surface area (Å²) < 4.78 is 0. The maximum Gasteiger partial charge on any atom is 0.151 e. The Bertz CT molecular complexity index is 78.2. The summed E-state index contributed by atoms with van der Waals surface area (Å²) in [5.41, 5.74) is 10.2. The van der Waals surface area contributed by atoms with Crippen LogP contribution < -0.4 is 28.4 Å². The summed E-state index contributed by atoms with van der Waals surface area (Å²) in [6.07, 6.45) is 0.935. The first-order valence-electron chi connectivity index (χ1n) is 2.44. The van der Waals surface area contributed by atoms with Gasteiger partial charge in [0.1, 0.15) is 0 Å². The van der Waals surface area contributed by atoms with Crippen LogP contribution in [0.2, 0.25) is 0 Å². The van der Waals surface area contributed by atoms with Gasteiger partial charge in [-0.3, -0.25) is 5.41 Å². The summed E-state index contributed by atoms with van der Waals surface area (Å²) in [6, 6.07) is 0. The molecule has 0 saturated heterocycles. The van der Waals surface area contributed by atoms with Crippen LogP contribution in [0.15, 0.2) is 0 Å². The lowest BCUT2D eigenvalue weighted by Crippen LogP contribution is -3.00. The minimum absolute atomic E-state index is 0. The van der Waals surface area contributed by atoms with Gasteiger partial charge in [0.05, 0.1) is 0 Å². The van der Waals surface area contributed by atoms with Crippen molar-refractivity contribution in [3.05, 3.63) is 0 Å². The summed E-state index contributed by atoms with van der Waals surface area (Å²) in [7, 11) is 0. The fourth-order valence-corrected chi connectivity index (χ4v) is 0.796. The van der Waals surface area contributed by atoms with E-state index in [2.05, 4.69) is 0 Å². The lowest BCUT2D eigenvalue weighted by molar-refractivity contribution is -0.00000211. The Balaban J connectivity index is 0. The van der Waals surface area contributed by atoms with Crippen LogP contribution in [0.4, 0.5) is 0 Å². The largest absolute Gasteiger partial charge is 1.00 e. The second kappa shape index (κ2) is 8.26. The first-order valence-corrected chi connectivity index (χ1v) is 3.43. The van der Waals surface area contributed by atoms with Gasteiger partial charge in [0, 0.05) is 5.75 Å². The van der Waals surface area contributed by atoms with E-state index in [0.717, 1.165) is 12.2 Å². The summed E-state index contributed by atoms with van der Waals surface area (Å²) in [5.74, 6) is 0.867. The monoisotopic (exact) mass is 212 g/mol. The predicted molar refractivity (Wildman–Crippen MR) is 38.0 cm³/mol. The van der Waals surface area contributed by atoms with Crippen molar-refractivity contribution >= 4 is 16.9 Å². The van der Waals surface area contributed by atoms with E-state index >= 15 is 0 Å². The maximum atomic E-state index is 6.77. The molecule has 0 heterocycles.